The first-order valence-corrected chi connectivity index (χ1v) is 9.93. The molecule has 1 aliphatic carbocycles. The Morgan fingerprint density at radius 1 is 1.17 bits per heavy atom. The van der Waals surface area contributed by atoms with Crippen molar-refractivity contribution in [3.63, 3.8) is 0 Å². The van der Waals surface area contributed by atoms with E-state index >= 15 is 0 Å². The highest BCUT2D eigenvalue weighted by molar-refractivity contribution is 5.76. The van der Waals surface area contributed by atoms with E-state index in [1.165, 1.54) is 12.8 Å². The Bertz CT molecular complexity index is 341. The van der Waals surface area contributed by atoms with Gasteiger partial charge in [0.1, 0.15) is 0 Å². The molecule has 1 heterocycles. The zero-order valence-electron chi connectivity index (χ0n) is 16.6. The summed E-state index contributed by atoms with van der Waals surface area (Å²) in [7, 11) is 1.80. The van der Waals surface area contributed by atoms with Crippen LogP contribution >= 0.6 is 0 Å². The molecule has 0 aromatic heterocycles. The second-order valence-electron chi connectivity index (χ2n) is 7.55. The van der Waals surface area contributed by atoms with Gasteiger partial charge in [-0.3, -0.25) is 4.79 Å². The summed E-state index contributed by atoms with van der Waals surface area (Å²) in [4.78, 5) is 14.3. The van der Waals surface area contributed by atoms with Crippen molar-refractivity contribution in [2.75, 3.05) is 33.4 Å². The minimum Gasteiger partial charge on any atom is -0.381 e. The van der Waals surface area contributed by atoms with Crippen molar-refractivity contribution in [3.05, 3.63) is 0 Å². The molecule has 2 fully saturated rings. The van der Waals surface area contributed by atoms with Gasteiger partial charge in [-0.2, -0.15) is 0 Å². The van der Waals surface area contributed by atoms with Gasteiger partial charge in [0.2, 0.25) is 5.91 Å². The van der Waals surface area contributed by atoms with E-state index in [-0.39, 0.29) is 0 Å². The van der Waals surface area contributed by atoms with Gasteiger partial charge in [-0.15, -0.1) is 0 Å². The molecule has 142 valence electrons. The standard InChI is InChI=1S/C18H33NO3.C2H6/c1-15(2)6-12-22-11-4-5-17(20)19-9-7-18(8-10-19)13-16(14-18)21-3;1-2/h15-16H,4-14H2,1-3H3;1-2H3. The first-order chi connectivity index (χ1) is 11.5. The summed E-state index contributed by atoms with van der Waals surface area (Å²) < 4.78 is 11.0. The highest BCUT2D eigenvalue weighted by Crippen LogP contribution is 2.50. The predicted molar refractivity (Wildman–Crippen MR) is 99.1 cm³/mol. The lowest BCUT2D eigenvalue weighted by atomic mass is 9.61. The van der Waals surface area contributed by atoms with Crippen molar-refractivity contribution in [2.45, 2.75) is 78.7 Å². The second kappa shape index (κ2) is 11.1. The van der Waals surface area contributed by atoms with Crippen LogP contribution in [0.15, 0.2) is 0 Å². The molecule has 2 rings (SSSR count). The molecule has 1 saturated carbocycles. The third-order valence-electron chi connectivity index (χ3n) is 5.35. The van der Waals surface area contributed by atoms with Crippen LogP contribution in [0.2, 0.25) is 0 Å². The maximum atomic E-state index is 12.2. The molecule has 0 aromatic carbocycles. The van der Waals surface area contributed by atoms with Crippen molar-refractivity contribution in [1.29, 1.82) is 0 Å². The fourth-order valence-corrected chi connectivity index (χ4v) is 3.62. The van der Waals surface area contributed by atoms with Crippen molar-refractivity contribution in [2.24, 2.45) is 11.3 Å². The summed E-state index contributed by atoms with van der Waals surface area (Å²) in [6.07, 6.45) is 7.74. The number of rotatable bonds is 8. The van der Waals surface area contributed by atoms with Gasteiger partial charge < -0.3 is 14.4 Å². The van der Waals surface area contributed by atoms with Gasteiger partial charge in [0.05, 0.1) is 6.10 Å². The maximum absolute atomic E-state index is 12.2. The Balaban J connectivity index is 0.00000139. The van der Waals surface area contributed by atoms with Gasteiger partial charge in [-0.1, -0.05) is 27.7 Å². The van der Waals surface area contributed by atoms with Gasteiger partial charge in [0.25, 0.3) is 0 Å². The minimum atomic E-state index is 0.310. The van der Waals surface area contributed by atoms with Crippen molar-refractivity contribution < 1.29 is 14.3 Å². The SMILES string of the molecule is CC.COC1CC2(CCN(C(=O)CCCOCCC(C)C)CC2)C1. The normalized spacial score (nSPS) is 19.8. The fraction of sp³-hybridized carbons (Fsp3) is 0.950. The smallest absolute Gasteiger partial charge is 0.222 e. The number of likely N-dealkylation sites (tertiary alicyclic amines) is 1. The van der Waals surface area contributed by atoms with E-state index in [9.17, 15) is 4.79 Å². The van der Waals surface area contributed by atoms with Crippen molar-refractivity contribution in [3.8, 4) is 0 Å². The van der Waals surface area contributed by atoms with E-state index in [0.29, 0.717) is 36.4 Å². The highest BCUT2D eigenvalue weighted by atomic mass is 16.5. The summed E-state index contributed by atoms with van der Waals surface area (Å²) in [6, 6.07) is 0. The summed E-state index contributed by atoms with van der Waals surface area (Å²) in [5.74, 6) is 0.997. The minimum absolute atomic E-state index is 0.310. The lowest BCUT2D eigenvalue weighted by molar-refractivity contribution is -0.138. The number of hydrogen-bond acceptors (Lipinski definition) is 3. The Hall–Kier alpha value is -0.610. The zero-order valence-corrected chi connectivity index (χ0v) is 16.6. The molecule has 2 aliphatic rings. The van der Waals surface area contributed by atoms with Crippen molar-refractivity contribution >= 4 is 5.91 Å². The van der Waals surface area contributed by atoms with Crippen LogP contribution in [0.5, 0.6) is 0 Å². The average molecular weight is 342 g/mol. The van der Waals surface area contributed by atoms with Gasteiger partial charge >= 0.3 is 0 Å². The van der Waals surface area contributed by atoms with E-state index in [1.807, 2.05) is 13.8 Å². The van der Waals surface area contributed by atoms with Gasteiger partial charge in [-0.25, -0.2) is 0 Å². The molecular weight excluding hydrogens is 302 g/mol. The van der Waals surface area contributed by atoms with Crippen LogP contribution in [0.4, 0.5) is 0 Å². The Morgan fingerprint density at radius 2 is 1.79 bits per heavy atom. The number of methoxy groups -OCH3 is 1. The van der Waals surface area contributed by atoms with E-state index in [4.69, 9.17) is 9.47 Å². The van der Waals surface area contributed by atoms with Crippen molar-refractivity contribution in [1.82, 2.24) is 4.90 Å². The lowest BCUT2D eigenvalue weighted by Gasteiger charge is -2.51. The number of carbonyl (C=O) groups is 1. The lowest BCUT2D eigenvalue weighted by Crippen LogP contribution is -2.50. The van der Waals surface area contributed by atoms with Crippen LogP contribution in [0.1, 0.15) is 72.6 Å². The maximum Gasteiger partial charge on any atom is 0.222 e. The number of amides is 1. The number of nitrogens with zero attached hydrogens (tertiary/aromatic N) is 1. The molecule has 4 heteroatoms. The largest absolute Gasteiger partial charge is 0.381 e. The summed E-state index contributed by atoms with van der Waals surface area (Å²) in [6.45, 7) is 11.8. The number of carbonyl (C=O) groups excluding carboxylic acids is 1. The number of ether oxygens (including phenoxy) is 2. The second-order valence-corrected chi connectivity index (χ2v) is 7.55. The molecule has 0 bridgehead atoms. The molecule has 1 saturated heterocycles. The molecule has 0 radical (unpaired) electrons. The van der Waals surface area contributed by atoms with Gasteiger partial charge in [-0.05, 0) is 49.9 Å². The molecule has 0 N–H and O–H groups in total. The van der Waals surface area contributed by atoms with E-state index in [1.54, 1.807) is 7.11 Å². The van der Waals surface area contributed by atoms with E-state index in [0.717, 1.165) is 45.4 Å². The Kier molecular flexibility index (Phi) is 9.91. The first-order valence-electron chi connectivity index (χ1n) is 9.93. The zero-order chi connectivity index (χ0) is 18.0. The molecule has 0 unspecified atom stereocenters. The third-order valence-corrected chi connectivity index (χ3v) is 5.35. The van der Waals surface area contributed by atoms with Gasteiger partial charge in [0, 0.05) is 39.8 Å². The molecule has 1 spiro atoms. The predicted octanol–water partition coefficient (Wildman–Crippen LogP) is 4.27. The Labute approximate surface area is 149 Å². The van der Waals surface area contributed by atoms with Crippen LogP contribution in [-0.4, -0.2) is 50.3 Å². The monoisotopic (exact) mass is 341 g/mol. The average Bonchev–Trinajstić information content (AvgIpc) is 2.57. The quantitative estimate of drug-likeness (QED) is 0.619. The fourth-order valence-electron chi connectivity index (χ4n) is 3.62. The third kappa shape index (κ3) is 6.72. The summed E-state index contributed by atoms with van der Waals surface area (Å²) in [5, 5.41) is 0. The molecule has 24 heavy (non-hydrogen) atoms. The topological polar surface area (TPSA) is 38.8 Å². The van der Waals surface area contributed by atoms with E-state index < -0.39 is 0 Å². The Morgan fingerprint density at radius 3 is 2.33 bits per heavy atom. The van der Waals surface area contributed by atoms with Crippen LogP contribution in [0, 0.1) is 11.3 Å². The highest BCUT2D eigenvalue weighted by Gasteiger charge is 2.46. The number of piperidine rings is 1. The summed E-state index contributed by atoms with van der Waals surface area (Å²) in [5.41, 5.74) is 0.484. The molecule has 1 amide bonds. The number of hydrogen-bond donors (Lipinski definition) is 0. The summed E-state index contributed by atoms with van der Waals surface area (Å²) >= 11 is 0. The van der Waals surface area contributed by atoms with Crippen LogP contribution < -0.4 is 0 Å². The van der Waals surface area contributed by atoms with E-state index in [2.05, 4.69) is 18.7 Å². The molecule has 1 aliphatic heterocycles. The van der Waals surface area contributed by atoms with Crippen LogP contribution in [0.3, 0.4) is 0 Å². The van der Waals surface area contributed by atoms with Gasteiger partial charge in [0.15, 0.2) is 0 Å². The first kappa shape index (κ1) is 21.4. The molecular formula is C20H39NO3. The molecule has 4 nitrogen and oxygen atoms in total. The molecule has 0 aromatic rings. The van der Waals surface area contributed by atoms with Crippen LogP contribution in [-0.2, 0) is 14.3 Å². The van der Waals surface area contributed by atoms with Crippen LogP contribution in [0.25, 0.3) is 0 Å². The molecule has 0 atom stereocenters.